The maximum absolute atomic E-state index is 12.2. The first kappa shape index (κ1) is 16.7. The number of nitrogens with one attached hydrogen (secondary N) is 1. The van der Waals surface area contributed by atoms with Crippen molar-refractivity contribution in [3.8, 4) is 22.9 Å². The first-order valence-electron chi connectivity index (χ1n) is 8.52. The smallest absolute Gasteiger partial charge is 0.411 e. The van der Waals surface area contributed by atoms with E-state index < -0.39 is 6.09 Å². The van der Waals surface area contributed by atoms with Gasteiger partial charge >= 0.3 is 6.09 Å². The van der Waals surface area contributed by atoms with Gasteiger partial charge in [0, 0.05) is 5.92 Å². The van der Waals surface area contributed by atoms with Crippen LogP contribution in [-0.4, -0.2) is 17.8 Å². The van der Waals surface area contributed by atoms with Gasteiger partial charge in [0.25, 0.3) is 0 Å². The molecule has 132 valence electrons. The van der Waals surface area contributed by atoms with Gasteiger partial charge < -0.3 is 9.84 Å². The highest BCUT2D eigenvalue weighted by Gasteiger charge is 2.29. The molecule has 3 aromatic carbocycles. The number of benzene rings is 3. The molecule has 0 atom stereocenters. The van der Waals surface area contributed by atoms with E-state index in [2.05, 4.69) is 17.4 Å². The second kappa shape index (κ2) is 6.85. The average molecular weight is 356 g/mol. The van der Waals surface area contributed by atoms with Crippen molar-refractivity contribution in [1.29, 1.82) is 5.26 Å². The number of carbonyl (C=O) groups excluding carboxylic acids is 1. The monoisotopic (exact) mass is 356 g/mol. The molecule has 0 spiro atoms. The molecule has 0 unspecified atom stereocenters. The molecule has 0 bridgehead atoms. The lowest BCUT2D eigenvalue weighted by atomic mass is 9.98. The van der Waals surface area contributed by atoms with E-state index in [1.165, 1.54) is 18.2 Å². The molecule has 1 amide bonds. The highest BCUT2D eigenvalue weighted by Crippen LogP contribution is 2.44. The minimum atomic E-state index is -0.656. The Balaban J connectivity index is 1.49. The molecule has 0 aliphatic heterocycles. The van der Waals surface area contributed by atoms with Gasteiger partial charge in [-0.15, -0.1) is 0 Å². The van der Waals surface area contributed by atoms with Crippen LogP contribution in [0.3, 0.4) is 0 Å². The van der Waals surface area contributed by atoms with Crippen LogP contribution >= 0.6 is 0 Å². The third-order valence-corrected chi connectivity index (χ3v) is 4.71. The number of amides is 1. The number of hydrogen-bond acceptors (Lipinski definition) is 4. The highest BCUT2D eigenvalue weighted by molar-refractivity contribution is 5.87. The summed E-state index contributed by atoms with van der Waals surface area (Å²) in [5.74, 6) is -0.208. The molecule has 0 fully saturated rings. The molecule has 5 nitrogen and oxygen atoms in total. The molecule has 5 heteroatoms. The van der Waals surface area contributed by atoms with Crippen LogP contribution in [0.25, 0.3) is 11.1 Å². The Morgan fingerprint density at radius 1 is 1.04 bits per heavy atom. The van der Waals surface area contributed by atoms with Crippen molar-refractivity contribution >= 4 is 11.8 Å². The van der Waals surface area contributed by atoms with Crippen molar-refractivity contribution in [3.63, 3.8) is 0 Å². The van der Waals surface area contributed by atoms with Gasteiger partial charge in [-0.05, 0) is 40.5 Å². The lowest BCUT2D eigenvalue weighted by molar-refractivity contribution is 0.158. The number of rotatable bonds is 3. The largest absolute Gasteiger partial charge is 0.506 e. The summed E-state index contributed by atoms with van der Waals surface area (Å²) in [5.41, 5.74) is 5.09. The van der Waals surface area contributed by atoms with E-state index in [9.17, 15) is 9.90 Å². The van der Waals surface area contributed by atoms with Crippen molar-refractivity contribution in [1.82, 2.24) is 0 Å². The molecule has 0 heterocycles. The summed E-state index contributed by atoms with van der Waals surface area (Å²) < 4.78 is 5.43. The van der Waals surface area contributed by atoms with Gasteiger partial charge in [0.15, 0.2) is 0 Å². The SMILES string of the molecule is N#Cc1ccc(NC(=O)OCC2c3ccccc3-c3ccccc32)c(O)c1. The van der Waals surface area contributed by atoms with E-state index in [-0.39, 0.29) is 24.0 Å². The number of carbonyl (C=O) groups is 1. The maximum atomic E-state index is 12.2. The van der Waals surface area contributed by atoms with Gasteiger partial charge in [0.2, 0.25) is 0 Å². The van der Waals surface area contributed by atoms with Crippen molar-refractivity contribution in [3.05, 3.63) is 83.4 Å². The van der Waals surface area contributed by atoms with Gasteiger partial charge in [-0.2, -0.15) is 5.26 Å². The van der Waals surface area contributed by atoms with Crippen molar-refractivity contribution in [2.24, 2.45) is 0 Å². The normalized spacial score (nSPS) is 12.0. The third-order valence-electron chi connectivity index (χ3n) is 4.71. The van der Waals surface area contributed by atoms with E-state index in [0.717, 1.165) is 22.3 Å². The predicted octanol–water partition coefficient (Wildman–Crippen LogP) is 4.62. The van der Waals surface area contributed by atoms with E-state index >= 15 is 0 Å². The van der Waals surface area contributed by atoms with E-state index in [4.69, 9.17) is 10.00 Å². The number of phenolic OH excluding ortho intramolecular Hbond substituents is 1. The minimum Gasteiger partial charge on any atom is -0.506 e. The van der Waals surface area contributed by atoms with E-state index in [0.29, 0.717) is 5.56 Å². The fraction of sp³-hybridized carbons (Fsp3) is 0.0909. The van der Waals surface area contributed by atoms with Crippen LogP contribution in [-0.2, 0) is 4.74 Å². The van der Waals surface area contributed by atoms with Gasteiger partial charge in [-0.25, -0.2) is 4.79 Å². The fourth-order valence-corrected chi connectivity index (χ4v) is 3.45. The number of fused-ring (bicyclic) bond motifs is 3. The van der Waals surface area contributed by atoms with Gasteiger partial charge in [-0.3, -0.25) is 5.32 Å². The predicted molar refractivity (Wildman–Crippen MR) is 102 cm³/mol. The zero-order chi connectivity index (χ0) is 18.8. The molecule has 2 N–H and O–H groups in total. The number of nitrogens with zero attached hydrogens (tertiary/aromatic N) is 1. The maximum Gasteiger partial charge on any atom is 0.411 e. The van der Waals surface area contributed by atoms with Crippen LogP contribution < -0.4 is 5.32 Å². The van der Waals surface area contributed by atoms with E-state index in [1.54, 1.807) is 0 Å². The van der Waals surface area contributed by atoms with Crippen LogP contribution in [0.2, 0.25) is 0 Å². The lowest BCUT2D eigenvalue weighted by Gasteiger charge is -2.15. The molecule has 1 aliphatic rings. The molecule has 0 radical (unpaired) electrons. The van der Waals surface area contributed by atoms with Crippen LogP contribution in [0.4, 0.5) is 10.5 Å². The molecule has 0 saturated heterocycles. The van der Waals surface area contributed by atoms with Gasteiger partial charge in [-0.1, -0.05) is 48.5 Å². The highest BCUT2D eigenvalue weighted by atomic mass is 16.5. The van der Waals surface area contributed by atoms with Crippen molar-refractivity contribution in [2.75, 3.05) is 11.9 Å². The summed E-state index contributed by atoms with van der Waals surface area (Å²) in [6.45, 7) is 0.191. The molecule has 3 aromatic rings. The summed E-state index contributed by atoms with van der Waals surface area (Å²) in [6, 6.07) is 22.4. The van der Waals surface area contributed by atoms with Crippen molar-refractivity contribution in [2.45, 2.75) is 5.92 Å². The van der Waals surface area contributed by atoms with Crippen LogP contribution in [0.1, 0.15) is 22.6 Å². The quantitative estimate of drug-likeness (QED) is 0.671. The van der Waals surface area contributed by atoms with Crippen LogP contribution in [0.15, 0.2) is 66.7 Å². The molecule has 0 saturated carbocycles. The Morgan fingerprint density at radius 3 is 2.26 bits per heavy atom. The Kier molecular flexibility index (Phi) is 4.23. The summed E-state index contributed by atoms with van der Waals surface area (Å²) >= 11 is 0. The standard InChI is InChI=1S/C22H16N2O3/c23-12-14-9-10-20(21(25)11-14)24-22(26)27-13-19-17-7-3-1-5-15(17)16-6-2-4-8-18(16)19/h1-11,19,25H,13H2,(H,24,26). The second-order valence-electron chi connectivity index (χ2n) is 6.29. The Bertz CT molecular complexity index is 1020. The number of anilines is 1. The topological polar surface area (TPSA) is 82.4 Å². The number of ether oxygens (including phenoxy) is 1. The van der Waals surface area contributed by atoms with Gasteiger partial charge in [0.1, 0.15) is 12.4 Å². The number of aromatic hydroxyl groups is 1. The van der Waals surface area contributed by atoms with Crippen LogP contribution in [0, 0.1) is 11.3 Å². The molecule has 4 rings (SSSR count). The number of nitriles is 1. The zero-order valence-corrected chi connectivity index (χ0v) is 14.3. The average Bonchev–Trinajstić information content (AvgIpc) is 3.02. The molecular formula is C22H16N2O3. The Hall–Kier alpha value is -3.78. The Labute approximate surface area is 156 Å². The number of phenols is 1. The van der Waals surface area contributed by atoms with Crippen molar-refractivity contribution < 1.29 is 14.6 Å². The molecule has 27 heavy (non-hydrogen) atoms. The van der Waals surface area contributed by atoms with E-state index in [1.807, 2.05) is 42.5 Å². The second-order valence-corrected chi connectivity index (χ2v) is 6.29. The molecular weight excluding hydrogens is 340 g/mol. The number of hydrogen-bond donors (Lipinski definition) is 2. The molecule has 0 aromatic heterocycles. The van der Waals surface area contributed by atoms with Gasteiger partial charge in [0.05, 0.1) is 17.3 Å². The lowest BCUT2D eigenvalue weighted by Crippen LogP contribution is -2.18. The first-order valence-corrected chi connectivity index (χ1v) is 8.52. The fourth-order valence-electron chi connectivity index (χ4n) is 3.45. The first-order chi connectivity index (χ1) is 13.2. The Morgan fingerprint density at radius 2 is 1.67 bits per heavy atom. The summed E-state index contributed by atoms with van der Waals surface area (Å²) in [7, 11) is 0. The summed E-state index contributed by atoms with van der Waals surface area (Å²) in [4.78, 5) is 12.2. The molecule has 1 aliphatic carbocycles. The summed E-state index contributed by atoms with van der Waals surface area (Å²) in [6.07, 6.45) is -0.656. The zero-order valence-electron chi connectivity index (χ0n) is 14.3. The minimum absolute atomic E-state index is 0.0299. The summed E-state index contributed by atoms with van der Waals surface area (Å²) in [5, 5.41) is 21.2. The van der Waals surface area contributed by atoms with Crippen LogP contribution in [0.5, 0.6) is 5.75 Å². The third kappa shape index (κ3) is 3.09.